The van der Waals surface area contributed by atoms with E-state index >= 15 is 0 Å². The minimum Gasteiger partial charge on any atom is -0.389 e. The first-order valence-electron chi connectivity index (χ1n) is 8.94. The topological polar surface area (TPSA) is 53.4 Å². The summed E-state index contributed by atoms with van der Waals surface area (Å²) < 4.78 is 0. The summed E-state index contributed by atoms with van der Waals surface area (Å²) in [5.74, 6) is 0.00923. The van der Waals surface area contributed by atoms with E-state index in [1.807, 2.05) is 41.3 Å². The zero-order valence-corrected chi connectivity index (χ0v) is 14.2. The molecule has 1 aromatic heterocycles. The molecule has 1 aliphatic carbocycles. The van der Waals surface area contributed by atoms with Gasteiger partial charge in [0.05, 0.1) is 11.1 Å². The van der Waals surface area contributed by atoms with E-state index in [2.05, 4.69) is 11.9 Å². The van der Waals surface area contributed by atoms with E-state index in [0.717, 1.165) is 56.1 Å². The Morgan fingerprint density at radius 1 is 1.12 bits per heavy atom. The normalized spacial score (nSPS) is 25.7. The van der Waals surface area contributed by atoms with Gasteiger partial charge in [0.25, 0.3) is 5.91 Å². The molecule has 4 heteroatoms. The van der Waals surface area contributed by atoms with Gasteiger partial charge >= 0.3 is 0 Å². The second-order valence-electron chi connectivity index (χ2n) is 7.35. The highest BCUT2D eigenvalue weighted by atomic mass is 16.3. The third-order valence-electron chi connectivity index (χ3n) is 6.41. The Morgan fingerprint density at radius 2 is 1.88 bits per heavy atom. The number of piperidine rings is 1. The maximum atomic E-state index is 12.8. The lowest BCUT2D eigenvalue weighted by Gasteiger charge is -2.59. The van der Waals surface area contributed by atoms with Crippen molar-refractivity contribution in [2.75, 3.05) is 13.1 Å². The van der Waals surface area contributed by atoms with Crippen LogP contribution in [0.2, 0.25) is 0 Å². The third kappa shape index (κ3) is 2.24. The smallest absolute Gasteiger partial charge is 0.272 e. The van der Waals surface area contributed by atoms with Crippen molar-refractivity contribution in [2.24, 2.45) is 5.41 Å². The zero-order valence-electron chi connectivity index (χ0n) is 14.2. The van der Waals surface area contributed by atoms with Crippen molar-refractivity contribution in [3.63, 3.8) is 0 Å². The summed E-state index contributed by atoms with van der Waals surface area (Å²) in [4.78, 5) is 19.2. The summed E-state index contributed by atoms with van der Waals surface area (Å²) in [5.41, 5.74) is 0.902. The first kappa shape index (κ1) is 15.6. The van der Waals surface area contributed by atoms with E-state index in [9.17, 15) is 9.90 Å². The number of likely N-dealkylation sites (tertiary alicyclic amines) is 1. The molecule has 2 aliphatic rings. The molecule has 0 bridgehead atoms. The van der Waals surface area contributed by atoms with Crippen LogP contribution in [-0.2, 0) is 0 Å². The fourth-order valence-corrected chi connectivity index (χ4v) is 4.52. The molecule has 1 saturated carbocycles. The van der Waals surface area contributed by atoms with Gasteiger partial charge in [-0.15, -0.1) is 0 Å². The summed E-state index contributed by atoms with van der Waals surface area (Å²) >= 11 is 0. The SMILES string of the molecule is CCC1(O)CCC12CCN(C(=O)c1ccc3ccccc3n1)CC2. The average Bonchev–Trinajstić information content (AvgIpc) is 2.65. The van der Waals surface area contributed by atoms with Crippen molar-refractivity contribution in [3.8, 4) is 0 Å². The van der Waals surface area contributed by atoms with Gasteiger partial charge in [-0.05, 0) is 44.2 Å². The predicted molar refractivity (Wildman–Crippen MR) is 93.8 cm³/mol. The molecule has 2 heterocycles. The van der Waals surface area contributed by atoms with Gasteiger partial charge in [-0.3, -0.25) is 4.79 Å². The van der Waals surface area contributed by atoms with Gasteiger partial charge in [0.2, 0.25) is 0 Å². The van der Waals surface area contributed by atoms with Crippen molar-refractivity contribution in [2.45, 2.75) is 44.6 Å². The van der Waals surface area contributed by atoms with Crippen LogP contribution >= 0.6 is 0 Å². The molecule has 0 radical (unpaired) electrons. The fraction of sp³-hybridized carbons (Fsp3) is 0.500. The Kier molecular flexibility index (Phi) is 3.61. The van der Waals surface area contributed by atoms with Crippen LogP contribution in [0.5, 0.6) is 0 Å². The highest BCUT2D eigenvalue weighted by molar-refractivity contribution is 5.95. The third-order valence-corrected chi connectivity index (χ3v) is 6.41. The van der Waals surface area contributed by atoms with E-state index < -0.39 is 5.60 Å². The van der Waals surface area contributed by atoms with Gasteiger partial charge < -0.3 is 10.0 Å². The predicted octanol–water partition coefficient (Wildman–Crippen LogP) is 3.39. The molecule has 24 heavy (non-hydrogen) atoms. The maximum Gasteiger partial charge on any atom is 0.272 e. The molecule has 4 rings (SSSR count). The standard InChI is InChI=1S/C20H24N2O2/c1-2-20(24)10-9-19(20)11-13-22(14-12-19)18(23)17-8-7-15-5-3-4-6-16(15)21-17/h3-8,24H,2,9-14H2,1H3. The average molecular weight is 324 g/mol. The molecule has 1 spiro atoms. The minimum absolute atomic E-state index is 0.00923. The van der Waals surface area contributed by atoms with Gasteiger partial charge in [-0.25, -0.2) is 4.98 Å². The van der Waals surface area contributed by atoms with Crippen LogP contribution in [0.1, 0.15) is 49.5 Å². The van der Waals surface area contributed by atoms with Crippen LogP contribution in [0.25, 0.3) is 10.9 Å². The van der Waals surface area contributed by atoms with Gasteiger partial charge in [0, 0.05) is 23.9 Å². The Labute approximate surface area is 142 Å². The van der Waals surface area contributed by atoms with E-state index in [1.165, 1.54) is 0 Å². The van der Waals surface area contributed by atoms with Gasteiger partial charge in [-0.1, -0.05) is 31.2 Å². The first-order valence-corrected chi connectivity index (χ1v) is 8.94. The number of hydrogen-bond donors (Lipinski definition) is 1. The van der Waals surface area contributed by atoms with Crippen LogP contribution in [0.4, 0.5) is 0 Å². The van der Waals surface area contributed by atoms with Crippen LogP contribution in [0.3, 0.4) is 0 Å². The fourth-order valence-electron chi connectivity index (χ4n) is 4.52. The highest BCUT2D eigenvalue weighted by Crippen LogP contribution is 2.57. The molecule has 1 N–H and O–H groups in total. The van der Waals surface area contributed by atoms with Crippen LogP contribution < -0.4 is 0 Å². The number of aliphatic hydroxyl groups is 1. The lowest BCUT2D eigenvalue weighted by atomic mass is 9.51. The van der Waals surface area contributed by atoms with Crippen LogP contribution in [-0.4, -0.2) is 39.6 Å². The van der Waals surface area contributed by atoms with E-state index in [0.29, 0.717) is 5.69 Å². The number of carbonyl (C=O) groups excluding carboxylic acids is 1. The maximum absolute atomic E-state index is 12.8. The Balaban J connectivity index is 1.50. The lowest BCUT2D eigenvalue weighted by molar-refractivity contribution is -0.188. The molecule has 1 atom stereocenters. The minimum atomic E-state index is -0.511. The summed E-state index contributed by atoms with van der Waals surface area (Å²) in [6.07, 6.45) is 4.61. The Morgan fingerprint density at radius 3 is 2.54 bits per heavy atom. The number of nitrogens with zero attached hydrogens (tertiary/aromatic N) is 2. The van der Waals surface area contributed by atoms with Crippen LogP contribution in [0, 0.1) is 5.41 Å². The number of pyridine rings is 1. The molecule has 2 aromatic rings. The van der Waals surface area contributed by atoms with Crippen molar-refractivity contribution >= 4 is 16.8 Å². The van der Waals surface area contributed by atoms with Crippen LogP contribution in [0.15, 0.2) is 36.4 Å². The monoisotopic (exact) mass is 324 g/mol. The van der Waals surface area contributed by atoms with E-state index in [1.54, 1.807) is 0 Å². The highest BCUT2D eigenvalue weighted by Gasteiger charge is 2.57. The van der Waals surface area contributed by atoms with Crippen molar-refractivity contribution in [3.05, 3.63) is 42.1 Å². The molecule has 1 amide bonds. The first-order chi connectivity index (χ1) is 11.6. The number of para-hydroxylation sites is 1. The molecule has 1 saturated heterocycles. The lowest BCUT2D eigenvalue weighted by Crippen LogP contribution is -2.61. The van der Waals surface area contributed by atoms with E-state index in [-0.39, 0.29) is 11.3 Å². The van der Waals surface area contributed by atoms with Crippen molar-refractivity contribution in [1.82, 2.24) is 9.88 Å². The van der Waals surface area contributed by atoms with Crippen molar-refractivity contribution in [1.29, 1.82) is 0 Å². The number of aromatic nitrogens is 1. The number of benzene rings is 1. The molecular weight excluding hydrogens is 300 g/mol. The molecule has 1 aromatic carbocycles. The Hall–Kier alpha value is -1.94. The second kappa shape index (κ2) is 5.55. The largest absolute Gasteiger partial charge is 0.389 e. The van der Waals surface area contributed by atoms with E-state index in [4.69, 9.17) is 0 Å². The quantitative estimate of drug-likeness (QED) is 0.921. The number of fused-ring (bicyclic) bond motifs is 1. The summed E-state index contributed by atoms with van der Waals surface area (Å²) in [6, 6.07) is 11.6. The number of rotatable bonds is 2. The zero-order chi connectivity index (χ0) is 16.8. The number of amides is 1. The summed E-state index contributed by atoms with van der Waals surface area (Å²) in [7, 11) is 0. The second-order valence-corrected chi connectivity index (χ2v) is 7.35. The molecular formula is C20H24N2O2. The van der Waals surface area contributed by atoms with Crippen molar-refractivity contribution < 1.29 is 9.90 Å². The summed E-state index contributed by atoms with van der Waals surface area (Å²) in [5, 5.41) is 11.8. The molecule has 126 valence electrons. The summed E-state index contributed by atoms with van der Waals surface area (Å²) in [6.45, 7) is 3.50. The molecule has 1 aliphatic heterocycles. The molecule has 4 nitrogen and oxygen atoms in total. The number of hydrogen-bond acceptors (Lipinski definition) is 3. The Bertz CT molecular complexity index is 776. The molecule has 1 unspecified atom stereocenters. The molecule has 2 fully saturated rings. The van der Waals surface area contributed by atoms with Gasteiger partial charge in [-0.2, -0.15) is 0 Å². The number of carbonyl (C=O) groups is 1. The van der Waals surface area contributed by atoms with Gasteiger partial charge in [0.1, 0.15) is 5.69 Å². The van der Waals surface area contributed by atoms with Gasteiger partial charge in [0.15, 0.2) is 0 Å².